The molecule has 2 N–H and O–H groups in total. The van der Waals surface area contributed by atoms with Crippen LogP contribution in [0.15, 0.2) is 47.6 Å². The van der Waals surface area contributed by atoms with Crippen LogP contribution in [0.4, 0.5) is 0 Å². The summed E-state index contributed by atoms with van der Waals surface area (Å²) in [7, 11) is 3.29. The minimum absolute atomic E-state index is 0. The number of rotatable bonds is 10. The minimum Gasteiger partial charge on any atom is -0.493 e. The van der Waals surface area contributed by atoms with Gasteiger partial charge < -0.3 is 20.1 Å². The predicted molar refractivity (Wildman–Crippen MR) is 134 cm³/mol. The van der Waals surface area contributed by atoms with E-state index in [1.807, 2.05) is 40.9 Å². The van der Waals surface area contributed by atoms with E-state index in [-0.39, 0.29) is 24.0 Å². The van der Waals surface area contributed by atoms with Crippen molar-refractivity contribution >= 4 is 35.6 Å². The fourth-order valence-corrected chi connectivity index (χ4v) is 3.19. The molecule has 8 nitrogen and oxygen atoms in total. The van der Waals surface area contributed by atoms with Crippen molar-refractivity contribution in [2.24, 2.45) is 4.99 Å². The van der Waals surface area contributed by atoms with Crippen LogP contribution in [0.3, 0.4) is 0 Å². The molecule has 0 aliphatic rings. The molecule has 0 spiro atoms. The smallest absolute Gasteiger partial charge is 0.191 e. The molecule has 2 heterocycles. The third-order valence-corrected chi connectivity index (χ3v) is 4.71. The lowest BCUT2D eigenvalue weighted by molar-refractivity contribution is 0.354. The van der Waals surface area contributed by atoms with Crippen molar-refractivity contribution in [3.8, 4) is 11.5 Å². The number of hydrogen-bond donors (Lipinski definition) is 2. The predicted octanol–water partition coefficient (Wildman–Crippen LogP) is 3.09. The first-order valence-electron chi connectivity index (χ1n) is 10.3. The molecule has 168 valence electrons. The Hall–Kier alpha value is -2.56. The van der Waals surface area contributed by atoms with Gasteiger partial charge in [-0.15, -0.1) is 34.2 Å². The molecule has 0 saturated heterocycles. The van der Waals surface area contributed by atoms with Gasteiger partial charge >= 0.3 is 0 Å². The summed E-state index contributed by atoms with van der Waals surface area (Å²) in [5, 5.41) is 15.1. The number of methoxy groups -OCH3 is 2. The number of ether oxygens (including phenoxy) is 2. The summed E-state index contributed by atoms with van der Waals surface area (Å²) >= 11 is 0. The summed E-state index contributed by atoms with van der Waals surface area (Å²) in [5.74, 6) is 3.28. The Balaban J connectivity index is 0.00000341. The van der Waals surface area contributed by atoms with Crippen LogP contribution in [-0.4, -0.2) is 54.4 Å². The lowest BCUT2D eigenvalue weighted by Gasteiger charge is -2.12. The van der Waals surface area contributed by atoms with Crippen LogP contribution in [0.2, 0.25) is 0 Å². The number of fused-ring (bicyclic) bond motifs is 1. The maximum atomic E-state index is 5.37. The highest BCUT2D eigenvalue weighted by Gasteiger charge is 2.06. The molecule has 1 aromatic carbocycles. The van der Waals surface area contributed by atoms with Gasteiger partial charge in [0.15, 0.2) is 23.1 Å². The largest absolute Gasteiger partial charge is 0.493 e. The summed E-state index contributed by atoms with van der Waals surface area (Å²) < 4.78 is 12.7. The number of aryl methyl sites for hydroxylation is 1. The molecule has 0 saturated carbocycles. The quantitative estimate of drug-likeness (QED) is 0.179. The van der Waals surface area contributed by atoms with Crippen LogP contribution in [0, 0.1) is 0 Å². The molecule has 0 aliphatic heterocycles. The van der Waals surface area contributed by atoms with Gasteiger partial charge in [0.25, 0.3) is 0 Å². The zero-order valence-corrected chi connectivity index (χ0v) is 20.6. The van der Waals surface area contributed by atoms with Crippen LogP contribution in [0.5, 0.6) is 11.5 Å². The normalized spacial score (nSPS) is 11.1. The van der Waals surface area contributed by atoms with Crippen LogP contribution >= 0.6 is 24.0 Å². The van der Waals surface area contributed by atoms with Crippen molar-refractivity contribution in [3.05, 3.63) is 54.0 Å². The van der Waals surface area contributed by atoms with Gasteiger partial charge in [-0.2, -0.15) is 0 Å². The van der Waals surface area contributed by atoms with Crippen molar-refractivity contribution in [2.75, 3.05) is 33.9 Å². The number of benzene rings is 1. The molecular formula is C22H31IN6O2. The van der Waals surface area contributed by atoms with E-state index in [9.17, 15) is 0 Å². The number of aliphatic imine (C=N–C) groups is 1. The average molecular weight is 538 g/mol. The topological polar surface area (TPSA) is 85.1 Å². The van der Waals surface area contributed by atoms with Crippen molar-refractivity contribution in [3.63, 3.8) is 0 Å². The molecular weight excluding hydrogens is 507 g/mol. The molecule has 31 heavy (non-hydrogen) atoms. The van der Waals surface area contributed by atoms with Gasteiger partial charge in [0.1, 0.15) is 5.82 Å². The van der Waals surface area contributed by atoms with E-state index in [2.05, 4.69) is 38.8 Å². The molecule has 3 aromatic rings. The van der Waals surface area contributed by atoms with Gasteiger partial charge in [0.2, 0.25) is 0 Å². The van der Waals surface area contributed by atoms with Crippen molar-refractivity contribution in [1.82, 2.24) is 25.2 Å². The summed E-state index contributed by atoms with van der Waals surface area (Å²) in [6.45, 7) is 4.37. The maximum absolute atomic E-state index is 5.37. The number of hydrogen-bond acceptors (Lipinski definition) is 5. The van der Waals surface area contributed by atoms with Crippen molar-refractivity contribution < 1.29 is 9.47 Å². The zero-order valence-electron chi connectivity index (χ0n) is 18.3. The van der Waals surface area contributed by atoms with E-state index in [4.69, 9.17) is 9.47 Å². The van der Waals surface area contributed by atoms with Gasteiger partial charge in [-0.25, -0.2) is 0 Å². The number of nitrogens with one attached hydrogen (secondary N) is 2. The van der Waals surface area contributed by atoms with E-state index in [0.717, 1.165) is 61.3 Å². The highest BCUT2D eigenvalue weighted by Crippen LogP contribution is 2.27. The fourth-order valence-electron chi connectivity index (χ4n) is 3.19. The third kappa shape index (κ3) is 6.98. The standard InChI is InChI=1S/C22H30N6O2.HI/c1-4-23-22(25-14-12-17-10-11-18(29-2)19(16-17)30-3)24-13-7-9-21-27-26-20-8-5-6-15-28(20)21;/h5-6,8,10-11,15-16H,4,7,9,12-14H2,1-3H3,(H2,23,24,25);1H. The SMILES string of the molecule is CCNC(=NCCCc1nnc2ccccn12)NCCc1ccc(OC)c(OC)c1.I. The Morgan fingerprint density at radius 3 is 2.65 bits per heavy atom. The molecule has 2 aromatic heterocycles. The highest BCUT2D eigenvalue weighted by atomic mass is 127. The van der Waals surface area contributed by atoms with Gasteiger partial charge in [-0.1, -0.05) is 12.1 Å². The monoisotopic (exact) mass is 538 g/mol. The van der Waals surface area contributed by atoms with Gasteiger partial charge in [-0.3, -0.25) is 9.39 Å². The molecule has 3 rings (SSSR count). The molecule has 9 heteroatoms. The minimum atomic E-state index is 0. The maximum Gasteiger partial charge on any atom is 0.191 e. The number of halogens is 1. The van der Waals surface area contributed by atoms with E-state index in [0.29, 0.717) is 6.54 Å². The second-order valence-electron chi connectivity index (χ2n) is 6.78. The Bertz CT molecular complexity index is 976. The lowest BCUT2D eigenvalue weighted by atomic mass is 10.1. The van der Waals surface area contributed by atoms with Crippen LogP contribution < -0.4 is 20.1 Å². The molecule has 0 bridgehead atoms. The number of pyridine rings is 1. The highest BCUT2D eigenvalue weighted by molar-refractivity contribution is 14.0. The van der Waals surface area contributed by atoms with E-state index in [1.165, 1.54) is 5.56 Å². The lowest BCUT2D eigenvalue weighted by Crippen LogP contribution is -2.38. The number of guanidine groups is 1. The molecule has 0 radical (unpaired) electrons. The van der Waals surface area contributed by atoms with Gasteiger partial charge in [0, 0.05) is 32.3 Å². The summed E-state index contributed by atoms with van der Waals surface area (Å²) in [6, 6.07) is 11.9. The first kappa shape index (κ1) is 24.7. The molecule has 0 unspecified atom stereocenters. The zero-order chi connectivity index (χ0) is 21.2. The van der Waals surface area contributed by atoms with Crippen LogP contribution in [-0.2, 0) is 12.8 Å². The molecule has 0 fully saturated rings. The Morgan fingerprint density at radius 2 is 1.87 bits per heavy atom. The van der Waals surface area contributed by atoms with Crippen molar-refractivity contribution in [2.45, 2.75) is 26.2 Å². The van der Waals surface area contributed by atoms with Gasteiger partial charge in [0.05, 0.1) is 14.2 Å². The molecule has 0 aliphatic carbocycles. The van der Waals surface area contributed by atoms with Gasteiger partial charge in [-0.05, 0) is 49.6 Å². The Morgan fingerprint density at radius 1 is 1.03 bits per heavy atom. The average Bonchev–Trinajstić information content (AvgIpc) is 3.19. The first-order chi connectivity index (χ1) is 14.7. The van der Waals surface area contributed by atoms with Crippen LogP contribution in [0.25, 0.3) is 5.65 Å². The number of nitrogens with zero attached hydrogens (tertiary/aromatic N) is 4. The summed E-state index contributed by atoms with van der Waals surface area (Å²) in [6.07, 6.45) is 4.59. The van der Waals surface area contributed by atoms with E-state index < -0.39 is 0 Å². The van der Waals surface area contributed by atoms with E-state index in [1.54, 1.807) is 14.2 Å². The first-order valence-corrected chi connectivity index (χ1v) is 10.3. The molecule has 0 atom stereocenters. The van der Waals surface area contributed by atoms with Crippen molar-refractivity contribution in [1.29, 1.82) is 0 Å². The fraction of sp³-hybridized carbons (Fsp3) is 0.409. The second-order valence-corrected chi connectivity index (χ2v) is 6.78. The summed E-state index contributed by atoms with van der Waals surface area (Å²) in [4.78, 5) is 4.68. The Kier molecular flexibility index (Phi) is 10.3. The van der Waals surface area contributed by atoms with Crippen LogP contribution in [0.1, 0.15) is 24.7 Å². The summed E-state index contributed by atoms with van der Waals surface area (Å²) in [5.41, 5.74) is 2.05. The second kappa shape index (κ2) is 13.0. The molecule has 0 amide bonds. The number of aromatic nitrogens is 3. The van der Waals surface area contributed by atoms with E-state index >= 15 is 0 Å². The Labute approximate surface area is 200 Å². The third-order valence-electron chi connectivity index (χ3n) is 4.71.